The van der Waals surface area contributed by atoms with Gasteiger partial charge in [-0.15, -0.1) is 0 Å². The van der Waals surface area contributed by atoms with Crippen molar-refractivity contribution in [1.82, 2.24) is 5.32 Å². The zero-order valence-electron chi connectivity index (χ0n) is 11.6. The maximum atomic E-state index is 9.78. The zero-order chi connectivity index (χ0) is 13.6. The van der Waals surface area contributed by atoms with Crippen LogP contribution < -0.4 is 14.8 Å². The number of ether oxygens (including phenoxy) is 2. The van der Waals surface area contributed by atoms with E-state index in [0.29, 0.717) is 12.3 Å². The molecule has 102 valence electrons. The van der Waals surface area contributed by atoms with Crippen LogP contribution in [0.25, 0.3) is 0 Å². The summed E-state index contributed by atoms with van der Waals surface area (Å²) in [6.07, 6.45) is -0.532. The van der Waals surface area contributed by atoms with E-state index < -0.39 is 6.10 Å². The third-order valence-electron chi connectivity index (χ3n) is 2.35. The van der Waals surface area contributed by atoms with Crippen molar-refractivity contribution in [2.24, 2.45) is 0 Å². The second-order valence-corrected chi connectivity index (χ2v) is 5.27. The average molecular weight is 253 g/mol. The van der Waals surface area contributed by atoms with Crippen LogP contribution in [0.2, 0.25) is 0 Å². The molecule has 1 aromatic rings. The van der Waals surface area contributed by atoms with Crippen LogP contribution in [0.5, 0.6) is 11.5 Å². The number of methoxy groups -OCH3 is 1. The van der Waals surface area contributed by atoms with E-state index in [0.717, 1.165) is 5.75 Å². The molecule has 0 aliphatic heterocycles. The molecule has 0 saturated heterocycles. The fourth-order valence-corrected chi connectivity index (χ4v) is 1.37. The predicted molar refractivity (Wildman–Crippen MR) is 72.3 cm³/mol. The maximum Gasteiger partial charge on any atom is 0.123 e. The lowest BCUT2D eigenvalue weighted by Crippen LogP contribution is -2.42. The van der Waals surface area contributed by atoms with E-state index in [1.165, 1.54) is 0 Å². The second-order valence-electron chi connectivity index (χ2n) is 5.27. The molecule has 1 atom stereocenters. The van der Waals surface area contributed by atoms with Gasteiger partial charge >= 0.3 is 0 Å². The van der Waals surface area contributed by atoms with E-state index in [9.17, 15) is 5.11 Å². The Morgan fingerprint density at radius 3 is 2.56 bits per heavy atom. The highest BCUT2D eigenvalue weighted by Gasteiger charge is 2.12. The van der Waals surface area contributed by atoms with E-state index in [1.54, 1.807) is 13.2 Å². The van der Waals surface area contributed by atoms with Gasteiger partial charge in [-0.3, -0.25) is 0 Å². The van der Waals surface area contributed by atoms with Crippen molar-refractivity contribution < 1.29 is 14.6 Å². The van der Waals surface area contributed by atoms with Crippen LogP contribution in [-0.2, 0) is 0 Å². The number of aliphatic hydroxyl groups is 1. The minimum atomic E-state index is -0.532. The van der Waals surface area contributed by atoms with Crippen LogP contribution in [0.1, 0.15) is 20.8 Å². The van der Waals surface area contributed by atoms with Gasteiger partial charge in [0.2, 0.25) is 0 Å². The SMILES string of the molecule is COc1cccc(OCC(O)CNC(C)(C)C)c1. The van der Waals surface area contributed by atoms with E-state index in [2.05, 4.69) is 26.1 Å². The van der Waals surface area contributed by atoms with Gasteiger partial charge in [0, 0.05) is 18.2 Å². The van der Waals surface area contributed by atoms with Gasteiger partial charge in [-0.1, -0.05) is 6.07 Å². The first kappa shape index (κ1) is 14.8. The normalized spacial score (nSPS) is 13.2. The fraction of sp³-hybridized carbons (Fsp3) is 0.571. The van der Waals surface area contributed by atoms with Crippen LogP contribution in [-0.4, -0.2) is 37.0 Å². The van der Waals surface area contributed by atoms with E-state index >= 15 is 0 Å². The van der Waals surface area contributed by atoms with Crippen LogP contribution in [0.4, 0.5) is 0 Å². The molecule has 0 bridgehead atoms. The van der Waals surface area contributed by atoms with Crippen molar-refractivity contribution in [3.05, 3.63) is 24.3 Å². The number of hydrogen-bond acceptors (Lipinski definition) is 4. The van der Waals surface area contributed by atoms with Gasteiger partial charge in [0.25, 0.3) is 0 Å². The molecule has 2 N–H and O–H groups in total. The lowest BCUT2D eigenvalue weighted by Gasteiger charge is -2.23. The molecule has 1 rings (SSSR count). The first-order valence-electron chi connectivity index (χ1n) is 6.10. The van der Waals surface area contributed by atoms with Crippen LogP contribution in [0, 0.1) is 0 Å². The lowest BCUT2D eigenvalue weighted by atomic mass is 10.1. The van der Waals surface area contributed by atoms with Crippen molar-refractivity contribution in [3.8, 4) is 11.5 Å². The molecular formula is C14H23NO3. The Kier molecular flexibility index (Phi) is 5.44. The molecule has 0 heterocycles. The second kappa shape index (κ2) is 6.61. The number of rotatable bonds is 6. The molecular weight excluding hydrogens is 230 g/mol. The fourth-order valence-electron chi connectivity index (χ4n) is 1.37. The summed E-state index contributed by atoms with van der Waals surface area (Å²) in [5, 5.41) is 13.0. The molecule has 4 heteroatoms. The topological polar surface area (TPSA) is 50.7 Å². The molecule has 0 saturated carbocycles. The van der Waals surface area contributed by atoms with E-state index in [4.69, 9.17) is 9.47 Å². The summed E-state index contributed by atoms with van der Waals surface area (Å²) in [4.78, 5) is 0. The minimum absolute atomic E-state index is 0.00303. The summed E-state index contributed by atoms with van der Waals surface area (Å²) in [5.74, 6) is 1.44. The third-order valence-corrected chi connectivity index (χ3v) is 2.35. The first-order chi connectivity index (χ1) is 8.40. The maximum absolute atomic E-state index is 9.78. The Hall–Kier alpha value is -1.26. The summed E-state index contributed by atoms with van der Waals surface area (Å²) in [7, 11) is 1.61. The minimum Gasteiger partial charge on any atom is -0.497 e. The van der Waals surface area contributed by atoms with Crippen molar-refractivity contribution in [2.75, 3.05) is 20.3 Å². The predicted octanol–water partition coefficient (Wildman–Crippen LogP) is 1.82. The third kappa shape index (κ3) is 5.89. The molecule has 1 aromatic carbocycles. The monoisotopic (exact) mass is 253 g/mol. The lowest BCUT2D eigenvalue weighted by molar-refractivity contribution is 0.0999. The molecule has 0 radical (unpaired) electrons. The summed E-state index contributed by atoms with van der Waals surface area (Å²) >= 11 is 0. The standard InChI is InChI=1S/C14H23NO3/c1-14(2,3)15-9-11(16)10-18-13-7-5-6-12(8-13)17-4/h5-8,11,15-16H,9-10H2,1-4H3. The smallest absolute Gasteiger partial charge is 0.123 e. The molecule has 18 heavy (non-hydrogen) atoms. The highest BCUT2D eigenvalue weighted by Crippen LogP contribution is 2.18. The quantitative estimate of drug-likeness (QED) is 0.812. The number of β-amino-alcohol motifs (C(OH)–C–C–N with tert-alkyl or cyclic N) is 1. The van der Waals surface area contributed by atoms with Gasteiger partial charge in [-0.25, -0.2) is 0 Å². The van der Waals surface area contributed by atoms with Crippen molar-refractivity contribution in [3.63, 3.8) is 0 Å². The average Bonchev–Trinajstić information content (AvgIpc) is 2.33. The summed E-state index contributed by atoms with van der Waals surface area (Å²) < 4.78 is 10.6. The molecule has 1 unspecified atom stereocenters. The van der Waals surface area contributed by atoms with E-state index in [1.807, 2.05) is 18.2 Å². The number of aliphatic hydroxyl groups excluding tert-OH is 1. The Labute approximate surface area is 109 Å². The van der Waals surface area contributed by atoms with Crippen LogP contribution in [0.3, 0.4) is 0 Å². The van der Waals surface area contributed by atoms with Crippen molar-refractivity contribution in [2.45, 2.75) is 32.4 Å². The van der Waals surface area contributed by atoms with Gasteiger partial charge in [-0.05, 0) is 32.9 Å². The highest BCUT2D eigenvalue weighted by atomic mass is 16.5. The van der Waals surface area contributed by atoms with Crippen LogP contribution in [0.15, 0.2) is 24.3 Å². The summed E-state index contributed by atoms with van der Waals surface area (Å²) in [6.45, 7) is 6.94. The highest BCUT2D eigenvalue weighted by molar-refractivity contribution is 5.32. The van der Waals surface area contributed by atoms with Gasteiger partial charge in [0.1, 0.15) is 24.2 Å². The zero-order valence-corrected chi connectivity index (χ0v) is 11.6. The van der Waals surface area contributed by atoms with Crippen molar-refractivity contribution in [1.29, 1.82) is 0 Å². The van der Waals surface area contributed by atoms with Crippen molar-refractivity contribution >= 4 is 0 Å². The van der Waals surface area contributed by atoms with Gasteiger partial charge in [-0.2, -0.15) is 0 Å². The first-order valence-corrected chi connectivity index (χ1v) is 6.10. The number of hydrogen-bond donors (Lipinski definition) is 2. The Morgan fingerprint density at radius 2 is 1.94 bits per heavy atom. The largest absolute Gasteiger partial charge is 0.497 e. The molecule has 0 aliphatic rings. The summed E-state index contributed by atoms with van der Waals surface area (Å²) in [6, 6.07) is 7.34. The number of nitrogens with one attached hydrogen (secondary N) is 1. The van der Waals surface area contributed by atoms with Gasteiger partial charge in [0.05, 0.1) is 7.11 Å². The Balaban J connectivity index is 2.35. The molecule has 0 amide bonds. The summed E-state index contributed by atoms with van der Waals surface area (Å²) in [5.41, 5.74) is -0.00303. The Bertz CT molecular complexity index is 360. The molecule has 0 aliphatic carbocycles. The molecule has 0 aromatic heterocycles. The Morgan fingerprint density at radius 1 is 1.28 bits per heavy atom. The molecule has 0 fully saturated rings. The van der Waals surface area contributed by atoms with Gasteiger partial charge in [0.15, 0.2) is 0 Å². The van der Waals surface area contributed by atoms with E-state index in [-0.39, 0.29) is 12.1 Å². The van der Waals surface area contributed by atoms with Gasteiger partial charge < -0.3 is 19.9 Å². The van der Waals surface area contributed by atoms with Crippen LogP contribution >= 0.6 is 0 Å². The number of benzene rings is 1. The molecule has 0 spiro atoms. The molecule has 4 nitrogen and oxygen atoms in total.